The van der Waals surface area contributed by atoms with Gasteiger partial charge in [-0.05, 0) is 17.7 Å². The van der Waals surface area contributed by atoms with Crippen LogP contribution in [0.3, 0.4) is 0 Å². The summed E-state index contributed by atoms with van der Waals surface area (Å²) in [7, 11) is 0. The van der Waals surface area contributed by atoms with Crippen molar-refractivity contribution in [1.29, 1.82) is 0 Å². The van der Waals surface area contributed by atoms with Crippen molar-refractivity contribution in [1.82, 2.24) is 4.90 Å². The number of nitrogens with two attached hydrogens (primary N) is 1. The molecule has 0 unspecified atom stereocenters. The van der Waals surface area contributed by atoms with E-state index in [-0.39, 0.29) is 12.0 Å². The molecule has 0 spiro atoms. The maximum absolute atomic E-state index is 11.8. The number of halogens is 2. The van der Waals surface area contributed by atoms with Crippen LogP contribution in [0.15, 0.2) is 18.2 Å². The molecule has 1 aliphatic rings. The molecule has 0 aromatic heterocycles. The summed E-state index contributed by atoms with van der Waals surface area (Å²) in [5.74, 6) is 0.0656. The van der Waals surface area contributed by atoms with Crippen molar-refractivity contribution in [2.24, 2.45) is 5.73 Å². The van der Waals surface area contributed by atoms with Crippen molar-refractivity contribution in [2.45, 2.75) is 12.5 Å². The van der Waals surface area contributed by atoms with Gasteiger partial charge in [-0.1, -0.05) is 29.3 Å². The van der Waals surface area contributed by atoms with Crippen LogP contribution in [0.2, 0.25) is 10.0 Å². The Morgan fingerprint density at radius 3 is 2.89 bits per heavy atom. The second-order valence-corrected chi connectivity index (χ2v) is 5.23. The highest BCUT2D eigenvalue weighted by atomic mass is 35.5. The Kier molecular flexibility index (Phi) is 5.05. The zero-order chi connectivity index (χ0) is 13.8. The first-order valence-electron chi connectivity index (χ1n) is 6.16. The minimum absolute atomic E-state index is 0.0656. The highest BCUT2D eigenvalue weighted by Gasteiger charge is 2.25. The van der Waals surface area contributed by atoms with E-state index in [1.165, 1.54) is 0 Å². The van der Waals surface area contributed by atoms with Crippen molar-refractivity contribution in [3.63, 3.8) is 0 Å². The molecule has 2 rings (SSSR count). The highest BCUT2D eigenvalue weighted by molar-refractivity contribution is 6.42. The van der Waals surface area contributed by atoms with Crippen molar-refractivity contribution in [2.75, 3.05) is 26.2 Å². The topological polar surface area (TPSA) is 55.6 Å². The first-order chi connectivity index (χ1) is 9.11. The lowest BCUT2D eigenvalue weighted by Crippen LogP contribution is -2.42. The standard InChI is InChI=1S/C13H16Cl2N2O2/c14-10-2-1-9(7-11(10)15)12-8-17(5-6-19-12)13(18)3-4-16/h1-2,7,12H,3-6,8,16H2/t12-/m1/s1. The van der Waals surface area contributed by atoms with Crippen molar-refractivity contribution < 1.29 is 9.53 Å². The lowest BCUT2D eigenvalue weighted by Gasteiger charge is -2.33. The van der Waals surface area contributed by atoms with E-state index in [9.17, 15) is 4.79 Å². The van der Waals surface area contributed by atoms with E-state index in [1.54, 1.807) is 17.0 Å². The number of carbonyl (C=O) groups is 1. The fourth-order valence-corrected chi connectivity index (χ4v) is 2.38. The molecule has 1 fully saturated rings. The average Bonchev–Trinajstić information content (AvgIpc) is 2.42. The fourth-order valence-electron chi connectivity index (χ4n) is 2.07. The molecule has 19 heavy (non-hydrogen) atoms. The summed E-state index contributed by atoms with van der Waals surface area (Å²) in [5.41, 5.74) is 6.34. The van der Waals surface area contributed by atoms with Crippen LogP contribution in [-0.2, 0) is 9.53 Å². The number of benzene rings is 1. The van der Waals surface area contributed by atoms with Crippen molar-refractivity contribution >= 4 is 29.1 Å². The average molecular weight is 303 g/mol. The molecular formula is C13H16Cl2N2O2. The van der Waals surface area contributed by atoms with Crippen LogP contribution in [0.25, 0.3) is 0 Å². The van der Waals surface area contributed by atoms with Gasteiger partial charge in [0.1, 0.15) is 6.10 Å². The van der Waals surface area contributed by atoms with E-state index in [2.05, 4.69) is 0 Å². The van der Waals surface area contributed by atoms with E-state index >= 15 is 0 Å². The van der Waals surface area contributed by atoms with Gasteiger partial charge in [0.05, 0.1) is 23.2 Å². The SMILES string of the molecule is NCCC(=O)N1CCO[C@@H](c2ccc(Cl)c(Cl)c2)C1. The molecule has 1 saturated heterocycles. The quantitative estimate of drug-likeness (QED) is 0.931. The van der Waals surface area contributed by atoms with Gasteiger partial charge in [-0.25, -0.2) is 0 Å². The van der Waals surface area contributed by atoms with Crippen LogP contribution in [0.5, 0.6) is 0 Å². The minimum Gasteiger partial charge on any atom is -0.370 e. The third-order valence-corrected chi connectivity index (χ3v) is 3.83. The summed E-state index contributed by atoms with van der Waals surface area (Å²) < 4.78 is 5.69. The van der Waals surface area contributed by atoms with E-state index in [0.717, 1.165) is 5.56 Å². The smallest absolute Gasteiger partial charge is 0.224 e. The maximum Gasteiger partial charge on any atom is 0.224 e. The van der Waals surface area contributed by atoms with Gasteiger partial charge in [-0.3, -0.25) is 4.79 Å². The van der Waals surface area contributed by atoms with Crippen LogP contribution < -0.4 is 5.73 Å². The highest BCUT2D eigenvalue weighted by Crippen LogP contribution is 2.29. The van der Waals surface area contributed by atoms with E-state index in [0.29, 0.717) is 42.7 Å². The van der Waals surface area contributed by atoms with Crippen LogP contribution >= 0.6 is 23.2 Å². The minimum atomic E-state index is -0.162. The molecule has 0 saturated carbocycles. The van der Waals surface area contributed by atoms with Gasteiger partial charge in [0.2, 0.25) is 5.91 Å². The molecule has 1 heterocycles. The third kappa shape index (κ3) is 3.60. The van der Waals surface area contributed by atoms with Crippen LogP contribution in [-0.4, -0.2) is 37.0 Å². The molecule has 6 heteroatoms. The summed E-state index contributed by atoms with van der Waals surface area (Å²) in [5, 5.41) is 1.01. The monoisotopic (exact) mass is 302 g/mol. The molecule has 104 valence electrons. The number of carbonyl (C=O) groups excluding carboxylic acids is 1. The molecule has 1 aromatic carbocycles. The first-order valence-corrected chi connectivity index (χ1v) is 6.92. The number of hydrogen-bond donors (Lipinski definition) is 1. The Hall–Kier alpha value is -0.810. The number of hydrogen-bond acceptors (Lipinski definition) is 3. The molecule has 1 aliphatic heterocycles. The normalized spacial score (nSPS) is 19.5. The Morgan fingerprint density at radius 2 is 2.21 bits per heavy atom. The van der Waals surface area contributed by atoms with E-state index in [1.807, 2.05) is 6.07 Å². The zero-order valence-corrected chi connectivity index (χ0v) is 12.0. The van der Waals surface area contributed by atoms with Crippen molar-refractivity contribution in [3.05, 3.63) is 33.8 Å². The second-order valence-electron chi connectivity index (χ2n) is 4.41. The van der Waals surface area contributed by atoms with Crippen LogP contribution in [0, 0.1) is 0 Å². The van der Waals surface area contributed by atoms with Gasteiger partial charge in [-0.15, -0.1) is 0 Å². The predicted molar refractivity (Wildman–Crippen MR) is 75.4 cm³/mol. The number of nitrogens with zero attached hydrogens (tertiary/aromatic N) is 1. The van der Waals surface area contributed by atoms with Gasteiger partial charge in [0.25, 0.3) is 0 Å². The summed E-state index contributed by atoms with van der Waals surface area (Å²) in [4.78, 5) is 13.6. The molecular weight excluding hydrogens is 287 g/mol. The number of ether oxygens (including phenoxy) is 1. The summed E-state index contributed by atoms with van der Waals surface area (Å²) in [6, 6.07) is 5.39. The zero-order valence-electron chi connectivity index (χ0n) is 10.4. The van der Waals surface area contributed by atoms with Gasteiger partial charge in [0.15, 0.2) is 0 Å². The predicted octanol–water partition coefficient (Wildman–Crippen LogP) is 2.24. The number of rotatable bonds is 3. The third-order valence-electron chi connectivity index (χ3n) is 3.09. The van der Waals surface area contributed by atoms with Crippen LogP contribution in [0.4, 0.5) is 0 Å². The Morgan fingerprint density at radius 1 is 1.42 bits per heavy atom. The number of amides is 1. The van der Waals surface area contributed by atoms with E-state index < -0.39 is 0 Å². The molecule has 1 amide bonds. The Balaban J connectivity index is 2.08. The summed E-state index contributed by atoms with van der Waals surface area (Å²) >= 11 is 11.9. The molecule has 1 aromatic rings. The summed E-state index contributed by atoms with van der Waals surface area (Å²) in [6.45, 7) is 2.02. The molecule has 2 N–H and O–H groups in total. The molecule has 0 bridgehead atoms. The maximum atomic E-state index is 11.8. The fraction of sp³-hybridized carbons (Fsp3) is 0.462. The molecule has 1 atom stereocenters. The summed E-state index contributed by atoms with van der Waals surface area (Å²) in [6.07, 6.45) is 0.207. The van der Waals surface area contributed by atoms with Gasteiger partial charge < -0.3 is 15.4 Å². The van der Waals surface area contributed by atoms with Crippen molar-refractivity contribution in [3.8, 4) is 0 Å². The largest absolute Gasteiger partial charge is 0.370 e. The Labute approximate surface area is 122 Å². The molecule has 4 nitrogen and oxygen atoms in total. The first kappa shape index (κ1) is 14.6. The Bertz CT molecular complexity index is 468. The van der Waals surface area contributed by atoms with Gasteiger partial charge in [-0.2, -0.15) is 0 Å². The number of morpholine rings is 1. The van der Waals surface area contributed by atoms with Gasteiger partial charge in [0, 0.05) is 19.5 Å². The van der Waals surface area contributed by atoms with Crippen LogP contribution in [0.1, 0.15) is 18.1 Å². The lowest BCUT2D eigenvalue weighted by atomic mass is 10.1. The second kappa shape index (κ2) is 6.57. The van der Waals surface area contributed by atoms with Gasteiger partial charge >= 0.3 is 0 Å². The lowest BCUT2D eigenvalue weighted by molar-refractivity contribution is -0.138. The van der Waals surface area contributed by atoms with E-state index in [4.69, 9.17) is 33.7 Å². The molecule has 0 radical (unpaired) electrons. The molecule has 0 aliphatic carbocycles.